The summed E-state index contributed by atoms with van der Waals surface area (Å²) in [6.45, 7) is 0.165. The lowest BCUT2D eigenvalue weighted by Gasteiger charge is -2.08. The number of carbonyl (C=O) groups excluding carboxylic acids is 2. The van der Waals surface area contributed by atoms with Crippen LogP contribution in [-0.2, 0) is 11.3 Å². The summed E-state index contributed by atoms with van der Waals surface area (Å²) >= 11 is 5.22. The maximum atomic E-state index is 12.3. The molecule has 1 aliphatic carbocycles. The van der Waals surface area contributed by atoms with Crippen molar-refractivity contribution in [2.24, 2.45) is 0 Å². The van der Waals surface area contributed by atoms with Crippen LogP contribution in [0.1, 0.15) is 35.1 Å². The number of hydrogen-bond acceptors (Lipinski definition) is 4. The molecule has 7 nitrogen and oxygen atoms in total. The van der Waals surface area contributed by atoms with Gasteiger partial charge in [0.25, 0.3) is 5.91 Å². The number of amides is 2. The van der Waals surface area contributed by atoms with Gasteiger partial charge in [0.1, 0.15) is 0 Å². The van der Waals surface area contributed by atoms with E-state index in [9.17, 15) is 9.59 Å². The zero-order valence-electron chi connectivity index (χ0n) is 15.7. The molecule has 0 spiro atoms. The largest absolute Gasteiger partial charge is 0.347 e. The SMILES string of the molecule is O=C(CNC(=O)c1ccc(-c2ccccc2)cc1)NCc1n[nH]c(=S)n1C1CC1. The number of aromatic amines is 1. The molecule has 0 aliphatic heterocycles. The Bertz CT molecular complexity index is 1070. The molecule has 2 amide bonds. The smallest absolute Gasteiger partial charge is 0.251 e. The van der Waals surface area contributed by atoms with Gasteiger partial charge in [-0.1, -0.05) is 42.5 Å². The summed E-state index contributed by atoms with van der Waals surface area (Å²) in [6, 6.07) is 17.6. The minimum absolute atomic E-state index is 0.103. The number of aromatic nitrogens is 3. The molecular weight excluding hydrogens is 386 g/mol. The summed E-state index contributed by atoms with van der Waals surface area (Å²) in [6.07, 6.45) is 2.15. The average Bonchev–Trinajstić information content (AvgIpc) is 3.53. The van der Waals surface area contributed by atoms with E-state index in [-0.39, 0.29) is 24.9 Å². The van der Waals surface area contributed by atoms with Crippen LogP contribution >= 0.6 is 12.2 Å². The first-order valence-electron chi connectivity index (χ1n) is 9.48. The van der Waals surface area contributed by atoms with Gasteiger partial charge in [-0.05, 0) is 48.3 Å². The molecule has 1 aromatic heterocycles. The quantitative estimate of drug-likeness (QED) is 0.525. The zero-order valence-corrected chi connectivity index (χ0v) is 16.5. The number of nitrogens with zero attached hydrogens (tertiary/aromatic N) is 2. The summed E-state index contributed by atoms with van der Waals surface area (Å²) in [4.78, 5) is 24.4. The van der Waals surface area contributed by atoms with Gasteiger partial charge in [0.2, 0.25) is 5.91 Å². The van der Waals surface area contributed by atoms with Crippen molar-refractivity contribution in [2.45, 2.75) is 25.4 Å². The van der Waals surface area contributed by atoms with E-state index >= 15 is 0 Å². The highest BCUT2D eigenvalue weighted by molar-refractivity contribution is 7.71. The van der Waals surface area contributed by atoms with Crippen LogP contribution in [0.4, 0.5) is 0 Å². The number of H-pyrrole nitrogens is 1. The first-order valence-corrected chi connectivity index (χ1v) is 9.89. The predicted molar refractivity (Wildman–Crippen MR) is 112 cm³/mol. The Balaban J connectivity index is 1.28. The highest BCUT2D eigenvalue weighted by Gasteiger charge is 2.27. The Hall–Kier alpha value is -3.26. The molecule has 0 saturated heterocycles. The molecule has 2 aromatic carbocycles. The first kappa shape index (κ1) is 19.1. The summed E-state index contributed by atoms with van der Waals surface area (Å²) in [5.74, 6) is 0.129. The van der Waals surface area contributed by atoms with Gasteiger partial charge in [0.05, 0.1) is 13.1 Å². The van der Waals surface area contributed by atoms with Gasteiger partial charge in [-0.3, -0.25) is 19.3 Å². The van der Waals surface area contributed by atoms with E-state index in [0.717, 1.165) is 24.0 Å². The van der Waals surface area contributed by atoms with Gasteiger partial charge >= 0.3 is 0 Å². The Labute approximate surface area is 173 Å². The normalized spacial score (nSPS) is 13.1. The second kappa shape index (κ2) is 8.40. The Morgan fingerprint density at radius 3 is 2.41 bits per heavy atom. The number of nitrogens with one attached hydrogen (secondary N) is 3. The maximum Gasteiger partial charge on any atom is 0.251 e. The van der Waals surface area contributed by atoms with E-state index in [4.69, 9.17) is 12.2 Å². The number of hydrogen-bond donors (Lipinski definition) is 3. The number of benzene rings is 2. The third-order valence-electron chi connectivity index (χ3n) is 4.80. The molecule has 0 unspecified atom stereocenters. The molecule has 1 aliphatic rings. The third kappa shape index (κ3) is 4.60. The summed E-state index contributed by atoms with van der Waals surface area (Å²) in [7, 11) is 0. The summed E-state index contributed by atoms with van der Waals surface area (Å²) in [5.41, 5.74) is 2.62. The van der Waals surface area contributed by atoms with Crippen molar-refractivity contribution in [3.05, 3.63) is 70.8 Å². The van der Waals surface area contributed by atoms with E-state index in [2.05, 4.69) is 20.8 Å². The third-order valence-corrected chi connectivity index (χ3v) is 5.08. The Morgan fingerprint density at radius 2 is 1.72 bits per heavy atom. The highest BCUT2D eigenvalue weighted by atomic mass is 32.1. The molecule has 8 heteroatoms. The van der Waals surface area contributed by atoms with Crippen LogP contribution < -0.4 is 10.6 Å². The lowest BCUT2D eigenvalue weighted by atomic mass is 10.0. The fourth-order valence-corrected chi connectivity index (χ4v) is 3.42. The van der Waals surface area contributed by atoms with Crippen molar-refractivity contribution >= 4 is 24.0 Å². The fraction of sp³-hybridized carbons (Fsp3) is 0.238. The zero-order chi connectivity index (χ0) is 20.2. The first-order chi connectivity index (χ1) is 14.1. The van der Waals surface area contributed by atoms with Crippen LogP contribution in [0.25, 0.3) is 11.1 Å². The Kier molecular flexibility index (Phi) is 5.53. The van der Waals surface area contributed by atoms with Crippen LogP contribution in [0.2, 0.25) is 0 Å². The molecule has 4 rings (SSSR count). The van der Waals surface area contributed by atoms with Crippen molar-refractivity contribution in [1.82, 2.24) is 25.4 Å². The maximum absolute atomic E-state index is 12.3. The van der Waals surface area contributed by atoms with Gasteiger partial charge in [-0.2, -0.15) is 5.10 Å². The van der Waals surface area contributed by atoms with E-state index in [1.54, 1.807) is 12.1 Å². The monoisotopic (exact) mass is 407 g/mol. The molecule has 0 bridgehead atoms. The highest BCUT2D eigenvalue weighted by Crippen LogP contribution is 2.35. The lowest BCUT2D eigenvalue weighted by molar-refractivity contribution is -0.120. The topological polar surface area (TPSA) is 91.8 Å². The molecule has 1 saturated carbocycles. The molecule has 3 N–H and O–H groups in total. The van der Waals surface area contributed by atoms with Crippen LogP contribution in [0.5, 0.6) is 0 Å². The second-order valence-electron chi connectivity index (χ2n) is 6.95. The summed E-state index contributed by atoms with van der Waals surface area (Å²) < 4.78 is 2.52. The number of rotatable bonds is 7. The Morgan fingerprint density at radius 1 is 1.03 bits per heavy atom. The van der Waals surface area contributed by atoms with E-state index in [1.165, 1.54) is 0 Å². The molecule has 0 radical (unpaired) electrons. The van der Waals surface area contributed by atoms with Crippen molar-refractivity contribution in [3.8, 4) is 11.1 Å². The fourth-order valence-electron chi connectivity index (χ4n) is 3.12. The van der Waals surface area contributed by atoms with E-state index in [0.29, 0.717) is 22.2 Å². The molecule has 1 heterocycles. The minimum atomic E-state index is -0.291. The van der Waals surface area contributed by atoms with Gasteiger partial charge in [-0.25, -0.2) is 0 Å². The van der Waals surface area contributed by atoms with Crippen LogP contribution in [-0.4, -0.2) is 33.1 Å². The van der Waals surface area contributed by atoms with Gasteiger partial charge < -0.3 is 10.6 Å². The molecular formula is C21H21N5O2S. The standard InChI is InChI=1S/C21H21N5O2S/c27-19(22-12-18-24-25-21(29)26(18)17-10-11-17)13-23-20(28)16-8-6-15(7-9-16)14-4-2-1-3-5-14/h1-9,17H,10-13H2,(H,22,27)(H,23,28)(H,25,29). The van der Waals surface area contributed by atoms with Gasteiger partial charge in [-0.15, -0.1) is 0 Å². The van der Waals surface area contributed by atoms with Crippen molar-refractivity contribution in [3.63, 3.8) is 0 Å². The van der Waals surface area contributed by atoms with Crippen molar-refractivity contribution in [1.29, 1.82) is 0 Å². The van der Waals surface area contributed by atoms with Gasteiger partial charge in [0, 0.05) is 11.6 Å². The molecule has 1 fully saturated rings. The van der Waals surface area contributed by atoms with E-state index < -0.39 is 0 Å². The average molecular weight is 407 g/mol. The second-order valence-corrected chi connectivity index (χ2v) is 7.34. The predicted octanol–water partition coefficient (Wildman–Crippen LogP) is 2.99. The lowest BCUT2D eigenvalue weighted by Crippen LogP contribution is -2.37. The number of carbonyl (C=O) groups is 2. The molecule has 29 heavy (non-hydrogen) atoms. The van der Waals surface area contributed by atoms with Crippen molar-refractivity contribution in [2.75, 3.05) is 6.54 Å². The summed E-state index contributed by atoms with van der Waals surface area (Å²) in [5, 5.41) is 12.3. The molecule has 0 atom stereocenters. The van der Waals surface area contributed by atoms with Crippen LogP contribution in [0.15, 0.2) is 54.6 Å². The minimum Gasteiger partial charge on any atom is -0.347 e. The van der Waals surface area contributed by atoms with Crippen molar-refractivity contribution < 1.29 is 9.59 Å². The van der Waals surface area contributed by atoms with Gasteiger partial charge in [0.15, 0.2) is 10.6 Å². The van der Waals surface area contributed by atoms with E-state index in [1.807, 2.05) is 47.0 Å². The van der Waals surface area contributed by atoms with Crippen LogP contribution in [0, 0.1) is 4.77 Å². The molecule has 148 valence electrons. The van der Waals surface area contributed by atoms with Crippen LogP contribution in [0.3, 0.4) is 0 Å². The molecule has 3 aromatic rings.